The maximum Gasteiger partial charge on any atom is 0.203 e. The van der Waals surface area contributed by atoms with E-state index in [2.05, 4.69) is 15.2 Å². The highest BCUT2D eigenvalue weighted by molar-refractivity contribution is 6.32. The second kappa shape index (κ2) is 8.35. The first kappa shape index (κ1) is 20.8. The first-order valence-corrected chi connectivity index (χ1v) is 10.0. The molecule has 0 spiro atoms. The molecule has 0 amide bonds. The van der Waals surface area contributed by atoms with Crippen LogP contribution in [0, 0.1) is 13.8 Å². The smallest absolute Gasteiger partial charge is 0.203 e. The topological polar surface area (TPSA) is 74.2 Å². The third-order valence-corrected chi connectivity index (χ3v) is 5.53. The molecule has 0 radical (unpaired) electrons. The molecule has 0 aliphatic heterocycles. The number of nitrogens with one attached hydrogen (secondary N) is 1. The summed E-state index contributed by atoms with van der Waals surface area (Å²) in [4.78, 5) is 4.61. The highest BCUT2D eigenvalue weighted by Crippen LogP contribution is 2.41. The van der Waals surface area contributed by atoms with E-state index in [-0.39, 0.29) is 0 Å². The van der Waals surface area contributed by atoms with Crippen molar-refractivity contribution in [2.45, 2.75) is 13.8 Å². The number of H-pyrrole nitrogens is 1. The predicted molar refractivity (Wildman–Crippen MR) is 121 cm³/mol. The minimum Gasteiger partial charge on any atom is -0.493 e. The Labute approximate surface area is 185 Å². The summed E-state index contributed by atoms with van der Waals surface area (Å²) in [5, 5.41) is 8.24. The third-order valence-electron chi connectivity index (χ3n) is 5.23. The number of aromatic nitrogens is 4. The number of imidazole rings is 1. The van der Waals surface area contributed by atoms with Gasteiger partial charge in [-0.3, -0.25) is 5.10 Å². The van der Waals surface area contributed by atoms with Crippen LogP contribution in [0.25, 0.3) is 28.3 Å². The monoisotopic (exact) mass is 438 g/mol. The molecule has 0 fully saturated rings. The summed E-state index contributed by atoms with van der Waals surface area (Å²) in [7, 11) is 4.75. The Morgan fingerprint density at radius 2 is 1.68 bits per heavy atom. The Morgan fingerprint density at radius 3 is 2.29 bits per heavy atom. The van der Waals surface area contributed by atoms with E-state index < -0.39 is 0 Å². The molecule has 4 rings (SSSR count). The minimum atomic E-state index is 0.536. The number of benzene rings is 2. The van der Waals surface area contributed by atoms with E-state index in [1.165, 1.54) is 0 Å². The van der Waals surface area contributed by atoms with Gasteiger partial charge in [-0.15, -0.1) is 0 Å². The van der Waals surface area contributed by atoms with Gasteiger partial charge < -0.3 is 18.8 Å². The Morgan fingerprint density at radius 1 is 0.968 bits per heavy atom. The molecule has 7 nitrogen and oxygen atoms in total. The molecule has 8 heteroatoms. The first-order valence-electron chi connectivity index (χ1n) is 9.64. The third kappa shape index (κ3) is 3.61. The van der Waals surface area contributed by atoms with E-state index in [4.69, 9.17) is 25.8 Å². The van der Waals surface area contributed by atoms with Crippen LogP contribution in [0.1, 0.15) is 11.3 Å². The molecule has 1 N–H and O–H groups in total. The second-order valence-corrected chi connectivity index (χ2v) is 7.44. The molecule has 0 aliphatic carbocycles. The number of para-hydroxylation sites is 1. The van der Waals surface area contributed by atoms with E-state index in [0.717, 1.165) is 39.6 Å². The van der Waals surface area contributed by atoms with Gasteiger partial charge in [0.05, 0.1) is 43.4 Å². The molecule has 2 aromatic carbocycles. The fourth-order valence-electron chi connectivity index (χ4n) is 3.65. The van der Waals surface area contributed by atoms with Gasteiger partial charge >= 0.3 is 0 Å². The van der Waals surface area contributed by atoms with Crippen LogP contribution in [0.2, 0.25) is 5.02 Å². The van der Waals surface area contributed by atoms with Crippen molar-refractivity contribution in [3.8, 4) is 45.6 Å². The Kier molecular flexibility index (Phi) is 5.61. The van der Waals surface area contributed by atoms with Crippen LogP contribution in [0.5, 0.6) is 17.2 Å². The lowest BCUT2D eigenvalue weighted by molar-refractivity contribution is 0.324. The first-order chi connectivity index (χ1) is 15.0. The summed E-state index contributed by atoms with van der Waals surface area (Å²) >= 11 is 6.45. The Hall–Kier alpha value is -3.45. The normalized spacial score (nSPS) is 10.9. The van der Waals surface area contributed by atoms with Gasteiger partial charge in [-0.2, -0.15) is 5.10 Å². The predicted octanol–water partition coefficient (Wildman–Crippen LogP) is 5.23. The molecule has 4 aromatic rings. The van der Waals surface area contributed by atoms with Crippen molar-refractivity contribution in [2.75, 3.05) is 21.3 Å². The lowest BCUT2D eigenvalue weighted by Gasteiger charge is -2.13. The summed E-state index contributed by atoms with van der Waals surface area (Å²) in [5.74, 6) is 1.67. The summed E-state index contributed by atoms with van der Waals surface area (Å²) in [6.07, 6.45) is 1.78. The second-order valence-electron chi connectivity index (χ2n) is 7.03. The van der Waals surface area contributed by atoms with Crippen molar-refractivity contribution >= 4 is 11.6 Å². The van der Waals surface area contributed by atoms with Crippen molar-refractivity contribution in [3.05, 3.63) is 59.0 Å². The standard InChI is InChI=1S/C23H23ClN4O3/c1-13-7-6-8-16(24)22(13)28-12-25-21(14(28)2)18-11-17(26-27-18)15-9-19(29-3)23(31-5)20(10-15)30-4/h6-12H,1-5H3,(H,26,27). The van der Waals surface area contributed by atoms with Crippen LogP contribution in [-0.4, -0.2) is 41.1 Å². The van der Waals surface area contributed by atoms with Gasteiger partial charge in [-0.05, 0) is 43.7 Å². The van der Waals surface area contributed by atoms with Gasteiger partial charge in [0.1, 0.15) is 12.0 Å². The highest BCUT2D eigenvalue weighted by atomic mass is 35.5. The Bertz CT molecular complexity index is 1200. The fourth-order valence-corrected chi connectivity index (χ4v) is 3.96. The number of nitrogens with zero attached hydrogens (tertiary/aromatic N) is 3. The molecule has 2 aromatic heterocycles. The number of methoxy groups -OCH3 is 3. The molecule has 0 unspecified atom stereocenters. The average Bonchev–Trinajstić information content (AvgIpc) is 3.40. The lowest BCUT2D eigenvalue weighted by atomic mass is 10.1. The minimum absolute atomic E-state index is 0.536. The number of aryl methyl sites for hydroxylation is 1. The van der Waals surface area contributed by atoms with Crippen LogP contribution < -0.4 is 14.2 Å². The molecule has 0 atom stereocenters. The molecule has 2 heterocycles. The zero-order chi connectivity index (χ0) is 22.1. The van der Waals surface area contributed by atoms with Crippen molar-refractivity contribution < 1.29 is 14.2 Å². The SMILES string of the molecule is COc1cc(-c2cc(-c3ncn(-c4c(C)cccc4Cl)c3C)[nH]n2)cc(OC)c1OC. The number of aromatic amines is 1. The fraction of sp³-hybridized carbons (Fsp3) is 0.217. The van der Waals surface area contributed by atoms with E-state index in [0.29, 0.717) is 22.3 Å². The summed E-state index contributed by atoms with van der Waals surface area (Å²) in [5.41, 5.74) is 6.10. The largest absolute Gasteiger partial charge is 0.493 e. The zero-order valence-corrected chi connectivity index (χ0v) is 18.7. The van der Waals surface area contributed by atoms with Gasteiger partial charge in [-0.25, -0.2) is 4.98 Å². The van der Waals surface area contributed by atoms with Crippen LogP contribution in [-0.2, 0) is 0 Å². The lowest BCUT2D eigenvalue weighted by Crippen LogP contribution is -1.99. The van der Waals surface area contributed by atoms with E-state index in [1.54, 1.807) is 27.7 Å². The van der Waals surface area contributed by atoms with E-state index in [1.807, 2.05) is 54.8 Å². The molecule has 0 saturated heterocycles. The van der Waals surface area contributed by atoms with Crippen LogP contribution >= 0.6 is 11.6 Å². The van der Waals surface area contributed by atoms with Crippen LogP contribution in [0.15, 0.2) is 42.7 Å². The van der Waals surface area contributed by atoms with Gasteiger partial charge in [0.2, 0.25) is 5.75 Å². The van der Waals surface area contributed by atoms with Crippen molar-refractivity contribution in [2.24, 2.45) is 0 Å². The van der Waals surface area contributed by atoms with E-state index in [9.17, 15) is 0 Å². The summed E-state index contributed by atoms with van der Waals surface area (Å²) in [6, 6.07) is 11.5. The van der Waals surface area contributed by atoms with Crippen molar-refractivity contribution in [1.82, 2.24) is 19.7 Å². The van der Waals surface area contributed by atoms with Crippen LogP contribution in [0.3, 0.4) is 0 Å². The number of ether oxygens (including phenoxy) is 3. The van der Waals surface area contributed by atoms with Gasteiger partial charge in [0.15, 0.2) is 11.5 Å². The van der Waals surface area contributed by atoms with Crippen LogP contribution in [0.4, 0.5) is 0 Å². The maximum atomic E-state index is 6.45. The molecular formula is C23H23ClN4O3. The molecular weight excluding hydrogens is 416 g/mol. The van der Waals surface area contributed by atoms with Gasteiger partial charge in [0.25, 0.3) is 0 Å². The van der Waals surface area contributed by atoms with Crippen molar-refractivity contribution in [1.29, 1.82) is 0 Å². The van der Waals surface area contributed by atoms with Gasteiger partial charge in [0, 0.05) is 11.3 Å². The molecule has 160 valence electrons. The number of hydrogen-bond donors (Lipinski definition) is 1. The summed E-state index contributed by atoms with van der Waals surface area (Å²) in [6.45, 7) is 4.03. The number of halogens is 1. The average molecular weight is 439 g/mol. The van der Waals surface area contributed by atoms with Gasteiger partial charge in [-0.1, -0.05) is 23.7 Å². The number of hydrogen-bond acceptors (Lipinski definition) is 5. The molecule has 31 heavy (non-hydrogen) atoms. The molecule has 0 saturated carbocycles. The Balaban J connectivity index is 1.75. The maximum absolute atomic E-state index is 6.45. The van der Waals surface area contributed by atoms with E-state index >= 15 is 0 Å². The summed E-state index contributed by atoms with van der Waals surface area (Å²) < 4.78 is 18.3. The van der Waals surface area contributed by atoms with Crippen molar-refractivity contribution in [3.63, 3.8) is 0 Å². The zero-order valence-electron chi connectivity index (χ0n) is 18.0. The highest BCUT2D eigenvalue weighted by Gasteiger charge is 2.18. The molecule has 0 bridgehead atoms. The quantitative estimate of drug-likeness (QED) is 0.446. The molecule has 0 aliphatic rings. The number of rotatable bonds is 6.